The van der Waals surface area contributed by atoms with Crippen molar-refractivity contribution in [1.29, 1.82) is 0 Å². The maximum atomic E-state index is 6.10. The van der Waals surface area contributed by atoms with Crippen molar-refractivity contribution in [2.45, 2.75) is 11.9 Å². The van der Waals surface area contributed by atoms with Gasteiger partial charge in [0.25, 0.3) is 0 Å². The number of ether oxygens (including phenoxy) is 1. The number of aromatic nitrogens is 1. The smallest absolute Gasteiger partial charge is 0.125 e. The Bertz CT molecular complexity index is 548. The lowest BCUT2D eigenvalue weighted by Crippen LogP contribution is -1.99. The highest BCUT2D eigenvalue weighted by Gasteiger charge is 2.08. The summed E-state index contributed by atoms with van der Waals surface area (Å²) < 4.78 is 5.75. The molecule has 18 heavy (non-hydrogen) atoms. The summed E-state index contributed by atoms with van der Waals surface area (Å²) in [6.07, 6.45) is 3.29. The standard InChI is InChI=1S/C13H10BrCl2NO/c14-6-10-11(15)2-1-3-13(10)18-8-9-4-5-17-7-12(9)16/h1-5,7H,6,8H2. The fourth-order valence-electron chi connectivity index (χ4n) is 1.48. The van der Waals surface area contributed by atoms with Gasteiger partial charge in [0.05, 0.1) is 5.02 Å². The first kappa shape index (κ1) is 13.7. The molecule has 0 N–H and O–H groups in total. The molecule has 0 aliphatic rings. The summed E-state index contributed by atoms with van der Waals surface area (Å²) in [5.74, 6) is 0.757. The Kier molecular flexibility index (Phi) is 4.87. The van der Waals surface area contributed by atoms with E-state index in [1.807, 2.05) is 24.3 Å². The van der Waals surface area contributed by atoms with Crippen LogP contribution in [0.25, 0.3) is 0 Å². The Morgan fingerprint density at radius 2 is 2.00 bits per heavy atom. The molecule has 1 aromatic heterocycles. The van der Waals surface area contributed by atoms with Crippen LogP contribution in [0.4, 0.5) is 0 Å². The first-order chi connectivity index (χ1) is 8.72. The summed E-state index contributed by atoms with van der Waals surface area (Å²) in [5, 5.41) is 1.93. The van der Waals surface area contributed by atoms with Crippen molar-refractivity contribution in [3.05, 3.63) is 57.8 Å². The van der Waals surface area contributed by atoms with Gasteiger partial charge in [-0.2, -0.15) is 0 Å². The largest absolute Gasteiger partial charge is 0.488 e. The van der Waals surface area contributed by atoms with E-state index in [1.54, 1.807) is 12.4 Å². The van der Waals surface area contributed by atoms with E-state index in [-0.39, 0.29) is 0 Å². The molecule has 0 bridgehead atoms. The van der Waals surface area contributed by atoms with Crippen molar-refractivity contribution in [3.63, 3.8) is 0 Å². The Morgan fingerprint density at radius 1 is 1.17 bits per heavy atom. The van der Waals surface area contributed by atoms with Gasteiger partial charge in [0, 0.05) is 33.9 Å². The van der Waals surface area contributed by atoms with Crippen molar-refractivity contribution in [2.75, 3.05) is 0 Å². The number of halogens is 3. The number of nitrogens with zero attached hydrogens (tertiary/aromatic N) is 1. The average molecular weight is 347 g/mol. The summed E-state index contributed by atoms with van der Waals surface area (Å²) in [5.41, 5.74) is 1.83. The van der Waals surface area contributed by atoms with Crippen LogP contribution in [0.1, 0.15) is 11.1 Å². The normalized spacial score (nSPS) is 10.4. The molecule has 0 aliphatic heterocycles. The summed E-state index contributed by atoms with van der Waals surface area (Å²) in [6.45, 7) is 0.391. The van der Waals surface area contributed by atoms with E-state index in [9.17, 15) is 0 Å². The van der Waals surface area contributed by atoms with Crippen LogP contribution in [0.3, 0.4) is 0 Å². The lowest BCUT2D eigenvalue weighted by atomic mass is 10.2. The molecule has 1 heterocycles. The van der Waals surface area contributed by atoms with Gasteiger partial charge in [-0.1, -0.05) is 45.2 Å². The predicted molar refractivity (Wildman–Crippen MR) is 77.7 cm³/mol. The van der Waals surface area contributed by atoms with Gasteiger partial charge in [-0.05, 0) is 18.2 Å². The maximum absolute atomic E-state index is 6.10. The zero-order valence-electron chi connectivity index (χ0n) is 9.37. The summed E-state index contributed by atoms with van der Waals surface area (Å²) in [6, 6.07) is 7.42. The van der Waals surface area contributed by atoms with Crippen LogP contribution in [0.15, 0.2) is 36.7 Å². The number of hydrogen-bond acceptors (Lipinski definition) is 2. The van der Waals surface area contributed by atoms with Crippen LogP contribution in [-0.4, -0.2) is 4.98 Å². The lowest BCUT2D eigenvalue weighted by molar-refractivity contribution is 0.304. The fraction of sp³-hybridized carbons (Fsp3) is 0.154. The molecular formula is C13H10BrCl2NO. The molecule has 2 nitrogen and oxygen atoms in total. The number of rotatable bonds is 4. The highest BCUT2D eigenvalue weighted by Crippen LogP contribution is 2.29. The van der Waals surface area contributed by atoms with Gasteiger partial charge in [0.2, 0.25) is 0 Å². The molecule has 1 aromatic carbocycles. The molecule has 0 fully saturated rings. The Balaban J connectivity index is 2.16. The van der Waals surface area contributed by atoms with Crippen LogP contribution >= 0.6 is 39.1 Å². The van der Waals surface area contributed by atoms with E-state index in [1.165, 1.54) is 0 Å². The van der Waals surface area contributed by atoms with Crippen molar-refractivity contribution >= 4 is 39.1 Å². The van der Waals surface area contributed by atoms with Crippen molar-refractivity contribution in [2.24, 2.45) is 0 Å². The molecule has 0 saturated carbocycles. The van der Waals surface area contributed by atoms with Crippen LogP contribution in [0.2, 0.25) is 10.0 Å². The third kappa shape index (κ3) is 3.16. The minimum absolute atomic E-state index is 0.391. The third-order valence-corrected chi connectivity index (χ3v) is 3.70. The maximum Gasteiger partial charge on any atom is 0.125 e. The second-order valence-electron chi connectivity index (χ2n) is 3.61. The summed E-state index contributed by atoms with van der Waals surface area (Å²) >= 11 is 15.5. The first-order valence-electron chi connectivity index (χ1n) is 5.27. The van der Waals surface area contributed by atoms with Gasteiger partial charge in [-0.25, -0.2) is 0 Å². The average Bonchev–Trinajstić information content (AvgIpc) is 2.38. The Morgan fingerprint density at radius 3 is 2.72 bits per heavy atom. The van der Waals surface area contributed by atoms with E-state index in [0.29, 0.717) is 22.0 Å². The van der Waals surface area contributed by atoms with Gasteiger partial charge in [0.15, 0.2) is 0 Å². The zero-order chi connectivity index (χ0) is 13.0. The molecule has 5 heteroatoms. The van der Waals surface area contributed by atoms with Crippen LogP contribution in [0.5, 0.6) is 5.75 Å². The van der Waals surface area contributed by atoms with Gasteiger partial charge in [-0.15, -0.1) is 0 Å². The number of alkyl halides is 1. The van der Waals surface area contributed by atoms with Gasteiger partial charge in [0.1, 0.15) is 12.4 Å². The van der Waals surface area contributed by atoms with Crippen molar-refractivity contribution in [1.82, 2.24) is 4.98 Å². The molecule has 0 saturated heterocycles. The fourth-order valence-corrected chi connectivity index (χ4v) is 2.63. The van der Waals surface area contributed by atoms with Gasteiger partial charge in [-0.3, -0.25) is 4.98 Å². The minimum atomic E-state index is 0.391. The summed E-state index contributed by atoms with van der Waals surface area (Å²) in [7, 11) is 0. The van der Waals surface area contributed by atoms with E-state index >= 15 is 0 Å². The van der Waals surface area contributed by atoms with Crippen molar-refractivity contribution in [3.8, 4) is 5.75 Å². The monoisotopic (exact) mass is 345 g/mol. The predicted octanol–water partition coefficient (Wildman–Crippen LogP) is 4.86. The zero-order valence-corrected chi connectivity index (χ0v) is 12.5. The van der Waals surface area contributed by atoms with E-state index < -0.39 is 0 Å². The molecule has 2 rings (SSSR count). The Labute approximate surface area is 124 Å². The van der Waals surface area contributed by atoms with Gasteiger partial charge >= 0.3 is 0 Å². The SMILES string of the molecule is Clc1cnccc1COc1cccc(Cl)c1CBr. The van der Waals surface area contributed by atoms with E-state index in [2.05, 4.69) is 20.9 Å². The third-order valence-electron chi connectivity index (χ3n) is 2.45. The molecule has 0 aliphatic carbocycles. The second kappa shape index (κ2) is 6.41. The molecule has 0 unspecified atom stereocenters. The van der Waals surface area contributed by atoms with Gasteiger partial charge < -0.3 is 4.74 Å². The lowest BCUT2D eigenvalue weighted by Gasteiger charge is -2.11. The van der Waals surface area contributed by atoms with Crippen LogP contribution in [0, 0.1) is 0 Å². The topological polar surface area (TPSA) is 22.1 Å². The quantitative estimate of drug-likeness (QED) is 0.737. The minimum Gasteiger partial charge on any atom is -0.488 e. The molecular weight excluding hydrogens is 337 g/mol. The van der Waals surface area contributed by atoms with Crippen molar-refractivity contribution < 1.29 is 4.74 Å². The van der Waals surface area contributed by atoms with E-state index in [0.717, 1.165) is 16.9 Å². The number of benzene rings is 1. The highest BCUT2D eigenvalue weighted by molar-refractivity contribution is 9.08. The van der Waals surface area contributed by atoms with E-state index in [4.69, 9.17) is 27.9 Å². The summed E-state index contributed by atoms with van der Waals surface area (Å²) in [4.78, 5) is 3.93. The van der Waals surface area contributed by atoms with Crippen LogP contribution in [-0.2, 0) is 11.9 Å². The second-order valence-corrected chi connectivity index (χ2v) is 4.98. The molecule has 0 amide bonds. The molecule has 0 atom stereocenters. The number of pyridine rings is 1. The molecule has 94 valence electrons. The first-order valence-corrected chi connectivity index (χ1v) is 7.14. The molecule has 0 spiro atoms. The van der Waals surface area contributed by atoms with Crippen LogP contribution < -0.4 is 4.74 Å². The Hall–Kier alpha value is -0.770. The highest BCUT2D eigenvalue weighted by atomic mass is 79.9. The number of hydrogen-bond donors (Lipinski definition) is 0. The molecule has 0 radical (unpaired) electrons. The molecule has 2 aromatic rings.